The SMILES string of the molecule is CC(C)(C)n1nc(C(F)(F)F)c2c1CCCC2CCN. The summed E-state index contributed by atoms with van der Waals surface area (Å²) in [7, 11) is 0. The van der Waals surface area contributed by atoms with E-state index < -0.39 is 17.4 Å². The lowest BCUT2D eigenvalue weighted by Gasteiger charge is -2.27. The number of hydrogen-bond acceptors (Lipinski definition) is 2. The predicted molar refractivity (Wildman–Crippen MR) is 71.6 cm³/mol. The van der Waals surface area contributed by atoms with Gasteiger partial charge in [0.1, 0.15) is 0 Å². The fourth-order valence-electron chi connectivity index (χ4n) is 3.05. The summed E-state index contributed by atoms with van der Waals surface area (Å²) in [6.45, 7) is 6.05. The highest BCUT2D eigenvalue weighted by molar-refractivity contribution is 5.35. The van der Waals surface area contributed by atoms with Crippen LogP contribution in [0.1, 0.15) is 62.9 Å². The average Bonchev–Trinajstić information content (AvgIpc) is 2.69. The molecule has 1 unspecified atom stereocenters. The van der Waals surface area contributed by atoms with E-state index in [1.165, 1.54) is 0 Å². The van der Waals surface area contributed by atoms with Crippen molar-refractivity contribution in [1.29, 1.82) is 0 Å². The quantitative estimate of drug-likeness (QED) is 0.906. The molecule has 1 atom stereocenters. The van der Waals surface area contributed by atoms with Crippen molar-refractivity contribution >= 4 is 0 Å². The van der Waals surface area contributed by atoms with Gasteiger partial charge in [0, 0.05) is 11.3 Å². The molecule has 0 fully saturated rings. The number of halogens is 3. The van der Waals surface area contributed by atoms with E-state index in [-0.39, 0.29) is 5.92 Å². The van der Waals surface area contributed by atoms with Crippen molar-refractivity contribution in [3.8, 4) is 0 Å². The monoisotopic (exact) mass is 289 g/mol. The lowest BCUT2D eigenvalue weighted by Crippen LogP contribution is -2.27. The maximum Gasteiger partial charge on any atom is 0.435 e. The summed E-state index contributed by atoms with van der Waals surface area (Å²) in [6, 6.07) is 0. The Kier molecular flexibility index (Phi) is 3.88. The third-order valence-electron chi connectivity index (χ3n) is 3.82. The Labute approximate surface area is 117 Å². The molecule has 1 heterocycles. The third kappa shape index (κ3) is 2.71. The first kappa shape index (κ1) is 15.4. The number of hydrogen-bond donors (Lipinski definition) is 1. The molecule has 20 heavy (non-hydrogen) atoms. The molecule has 0 saturated heterocycles. The number of alkyl halides is 3. The van der Waals surface area contributed by atoms with Crippen molar-refractivity contribution in [3.05, 3.63) is 17.0 Å². The van der Waals surface area contributed by atoms with E-state index in [4.69, 9.17) is 5.73 Å². The maximum absolute atomic E-state index is 13.3. The van der Waals surface area contributed by atoms with Crippen molar-refractivity contribution in [1.82, 2.24) is 9.78 Å². The fraction of sp³-hybridized carbons (Fsp3) is 0.786. The van der Waals surface area contributed by atoms with E-state index in [2.05, 4.69) is 5.10 Å². The van der Waals surface area contributed by atoms with E-state index >= 15 is 0 Å². The molecule has 0 aliphatic heterocycles. The van der Waals surface area contributed by atoms with Gasteiger partial charge in [-0.1, -0.05) is 0 Å². The smallest absolute Gasteiger partial charge is 0.330 e. The van der Waals surface area contributed by atoms with Crippen molar-refractivity contribution in [3.63, 3.8) is 0 Å². The number of aromatic nitrogens is 2. The van der Waals surface area contributed by atoms with Gasteiger partial charge in [0.05, 0.1) is 5.54 Å². The van der Waals surface area contributed by atoms with Gasteiger partial charge >= 0.3 is 6.18 Å². The first-order chi connectivity index (χ1) is 9.16. The summed E-state index contributed by atoms with van der Waals surface area (Å²) in [5.74, 6) is -0.114. The van der Waals surface area contributed by atoms with Gasteiger partial charge in [-0.05, 0) is 58.9 Å². The molecule has 0 radical (unpaired) electrons. The summed E-state index contributed by atoms with van der Waals surface area (Å²) in [6.07, 6.45) is -1.48. The van der Waals surface area contributed by atoms with Crippen molar-refractivity contribution < 1.29 is 13.2 Å². The molecule has 6 heteroatoms. The summed E-state index contributed by atoms with van der Waals surface area (Å²) >= 11 is 0. The van der Waals surface area contributed by atoms with Crippen LogP contribution in [0.5, 0.6) is 0 Å². The molecule has 2 N–H and O–H groups in total. The first-order valence-electron chi connectivity index (χ1n) is 7.05. The Bertz CT molecular complexity index is 483. The van der Waals surface area contributed by atoms with Gasteiger partial charge < -0.3 is 5.73 Å². The molecule has 1 aliphatic carbocycles. The zero-order valence-corrected chi connectivity index (χ0v) is 12.2. The molecular weight excluding hydrogens is 267 g/mol. The molecule has 0 spiro atoms. The average molecular weight is 289 g/mol. The number of rotatable bonds is 2. The minimum absolute atomic E-state index is 0.114. The standard InChI is InChI=1S/C14H22F3N3/c1-13(2,3)20-10-6-4-5-9(7-8-18)11(10)12(19-20)14(15,16)17/h9H,4-8,18H2,1-3H3. The summed E-state index contributed by atoms with van der Waals surface area (Å²) < 4.78 is 41.4. The maximum atomic E-state index is 13.3. The normalized spacial score (nSPS) is 20.1. The van der Waals surface area contributed by atoms with Crippen LogP contribution in [0, 0.1) is 0 Å². The van der Waals surface area contributed by atoms with E-state index in [1.54, 1.807) is 4.68 Å². The topological polar surface area (TPSA) is 43.8 Å². The van der Waals surface area contributed by atoms with E-state index in [1.807, 2.05) is 20.8 Å². The minimum atomic E-state index is -4.40. The second-order valence-electron chi connectivity index (χ2n) is 6.46. The minimum Gasteiger partial charge on any atom is -0.330 e. The third-order valence-corrected chi connectivity index (χ3v) is 3.82. The van der Waals surface area contributed by atoms with Crippen LogP contribution in [0.25, 0.3) is 0 Å². The highest BCUT2D eigenvalue weighted by Gasteiger charge is 2.43. The molecule has 3 nitrogen and oxygen atoms in total. The van der Waals surface area contributed by atoms with Crippen LogP contribution >= 0.6 is 0 Å². The Morgan fingerprint density at radius 3 is 2.45 bits per heavy atom. The van der Waals surface area contributed by atoms with Crippen molar-refractivity contribution in [2.24, 2.45) is 5.73 Å². The Morgan fingerprint density at radius 1 is 1.30 bits per heavy atom. The van der Waals surface area contributed by atoms with Gasteiger partial charge in [0.25, 0.3) is 0 Å². The van der Waals surface area contributed by atoms with E-state index in [0.29, 0.717) is 24.9 Å². The lowest BCUT2D eigenvalue weighted by atomic mass is 9.82. The zero-order chi connectivity index (χ0) is 15.1. The molecule has 0 bridgehead atoms. The lowest BCUT2D eigenvalue weighted by molar-refractivity contribution is -0.142. The largest absolute Gasteiger partial charge is 0.435 e. The Morgan fingerprint density at radius 2 is 1.95 bits per heavy atom. The highest BCUT2D eigenvalue weighted by atomic mass is 19.4. The second kappa shape index (κ2) is 5.06. The fourth-order valence-corrected chi connectivity index (χ4v) is 3.05. The summed E-state index contributed by atoms with van der Waals surface area (Å²) in [5, 5.41) is 3.92. The predicted octanol–water partition coefficient (Wildman–Crippen LogP) is 3.43. The van der Waals surface area contributed by atoms with Gasteiger partial charge in [0.2, 0.25) is 0 Å². The molecule has 114 valence electrons. The van der Waals surface area contributed by atoms with Crippen LogP contribution in [0.15, 0.2) is 0 Å². The van der Waals surface area contributed by atoms with Gasteiger partial charge in [-0.25, -0.2) is 0 Å². The number of nitrogens with two attached hydrogens (primary N) is 1. The Balaban J connectivity index is 2.62. The molecule has 0 amide bonds. The van der Waals surface area contributed by atoms with Crippen LogP contribution in [-0.2, 0) is 18.1 Å². The van der Waals surface area contributed by atoms with Gasteiger partial charge in [-0.3, -0.25) is 4.68 Å². The first-order valence-corrected chi connectivity index (χ1v) is 7.05. The zero-order valence-electron chi connectivity index (χ0n) is 12.2. The van der Waals surface area contributed by atoms with E-state index in [0.717, 1.165) is 18.5 Å². The van der Waals surface area contributed by atoms with Crippen molar-refractivity contribution in [2.75, 3.05) is 6.54 Å². The van der Waals surface area contributed by atoms with Gasteiger partial charge in [0.15, 0.2) is 5.69 Å². The van der Waals surface area contributed by atoms with E-state index in [9.17, 15) is 13.2 Å². The molecule has 1 aliphatic rings. The number of nitrogens with zero attached hydrogens (tertiary/aromatic N) is 2. The Hall–Kier alpha value is -1.04. The highest BCUT2D eigenvalue weighted by Crippen LogP contribution is 2.43. The molecule has 1 aromatic heterocycles. The van der Waals surface area contributed by atoms with Crippen LogP contribution in [0.4, 0.5) is 13.2 Å². The van der Waals surface area contributed by atoms with Crippen LogP contribution < -0.4 is 5.73 Å². The second-order valence-corrected chi connectivity index (χ2v) is 6.46. The molecule has 0 aromatic carbocycles. The number of fused-ring (bicyclic) bond motifs is 1. The molecule has 2 rings (SSSR count). The molecule has 1 aromatic rings. The van der Waals surface area contributed by atoms with Gasteiger partial charge in [-0.2, -0.15) is 18.3 Å². The van der Waals surface area contributed by atoms with Crippen LogP contribution in [-0.4, -0.2) is 16.3 Å². The molecule has 0 saturated carbocycles. The summed E-state index contributed by atoms with van der Waals surface area (Å²) in [4.78, 5) is 0. The van der Waals surface area contributed by atoms with Crippen molar-refractivity contribution in [2.45, 2.75) is 64.1 Å². The summed E-state index contributed by atoms with van der Waals surface area (Å²) in [5.41, 5.74) is 5.54. The van der Waals surface area contributed by atoms with Crippen LogP contribution in [0.3, 0.4) is 0 Å². The van der Waals surface area contributed by atoms with Gasteiger partial charge in [-0.15, -0.1) is 0 Å². The van der Waals surface area contributed by atoms with Crippen LogP contribution in [0.2, 0.25) is 0 Å². The molecular formula is C14H22F3N3.